The van der Waals surface area contributed by atoms with Gasteiger partial charge in [0.15, 0.2) is 0 Å². The molecule has 2 fully saturated rings. The van der Waals surface area contributed by atoms with Crippen LogP contribution in [0.1, 0.15) is 31.4 Å². The number of hydrogen-bond donors (Lipinski definition) is 1. The fourth-order valence-electron chi connectivity index (χ4n) is 3.60. The van der Waals surface area contributed by atoms with Gasteiger partial charge in [0.2, 0.25) is 0 Å². The number of rotatable bonds is 4. The first-order chi connectivity index (χ1) is 10.3. The zero-order valence-corrected chi connectivity index (χ0v) is 14.4. The summed E-state index contributed by atoms with van der Waals surface area (Å²) in [7, 11) is 0. The van der Waals surface area contributed by atoms with Crippen LogP contribution in [0.5, 0.6) is 0 Å². The number of nitrogens with one attached hydrogen (secondary N) is 1. The maximum atomic E-state index is 4.25. The van der Waals surface area contributed by atoms with Gasteiger partial charge in [0.05, 0.1) is 0 Å². The molecule has 2 aliphatic heterocycles. The molecule has 0 amide bonds. The van der Waals surface area contributed by atoms with E-state index in [0.29, 0.717) is 6.04 Å². The molecule has 3 rings (SSSR count). The molecule has 1 aromatic heterocycles. The second kappa shape index (κ2) is 8.82. The molecule has 1 aromatic rings. The lowest BCUT2D eigenvalue weighted by molar-refractivity contribution is 0.0868. The largest absolute Gasteiger partial charge is 0.317 e. The minimum atomic E-state index is 0. The number of pyridine rings is 1. The number of halogens is 1. The van der Waals surface area contributed by atoms with Crippen LogP contribution >= 0.6 is 12.4 Å². The molecular weight excluding hydrogens is 296 g/mol. The Hall–Kier alpha value is -0.680. The van der Waals surface area contributed by atoms with Crippen LogP contribution in [0.4, 0.5) is 0 Å². The minimum Gasteiger partial charge on any atom is -0.317 e. The molecule has 1 N–H and O–H groups in total. The molecule has 1 atom stereocenters. The Morgan fingerprint density at radius 1 is 1.23 bits per heavy atom. The summed E-state index contributed by atoms with van der Waals surface area (Å²) in [6, 6.07) is 4.72. The molecule has 0 aromatic carbocycles. The Bertz CT molecular complexity index is 414. The SMILES string of the molecule is CC(c1cccnc1)N1CCN(CC2CCNCC2)CC1.Cl. The average molecular weight is 325 g/mol. The van der Waals surface area contributed by atoms with Crippen molar-refractivity contribution in [2.75, 3.05) is 45.8 Å². The molecule has 0 aliphatic carbocycles. The third-order valence-electron chi connectivity index (χ3n) is 5.10. The van der Waals surface area contributed by atoms with Crippen LogP contribution in [0.2, 0.25) is 0 Å². The average Bonchev–Trinajstić information content (AvgIpc) is 2.57. The molecule has 0 bridgehead atoms. The van der Waals surface area contributed by atoms with Crippen LogP contribution < -0.4 is 5.32 Å². The van der Waals surface area contributed by atoms with Crippen LogP contribution in [0.25, 0.3) is 0 Å². The third-order valence-corrected chi connectivity index (χ3v) is 5.10. The smallest absolute Gasteiger partial charge is 0.0336 e. The van der Waals surface area contributed by atoms with Gasteiger partial charge in [-0.15, -0.1) is 12.4 Å². The molecule has 2 aliphatic rings. The van der Waals surface area contributed by atoms with Gasteiger partial charge >= 0.3 is 0 Å². The predicted octanol–water partition coefficient (Wildman–Crippen LogP) is 2.18. The van der Waals surface area contributed by atoms with Crippen molar-refractivity contribution in [3.05, 3.63) is 30.1 Å². The van der Waals surface area contributed by atoms with Crippen LogP contribution in [0.15, 0.2) is 24.5 Å². The highest BCUT2D eigenvalue weighted by molar-refractivity contribution is 5.85. The topological polar surface area (TPSA) is 31.4 Å². The lowest BCUT2D eigenvalue weighted by Crippen LogP contribution is -2.49. The van der Waals surface area contributed by atoms with Crippen LogP contribution in [-0.2, 0) is 0 Å². The van der Waals surface area contributed by atoms with Crippen molar-refractivity contribution < 1.29 is 0 Å². The molecule has 0 spiro atoms. The Morgan fingerprint density at radius 3 is 2.59 bits per heavy atom. The molecule has 2 saturated heterocycles. The van der Waals surface area contributed by atoms with Gasteiger partial charge < -0.3 is 10.2 Å². The first kappa shape index (κ1) is 17.7. The Labute approximate surface area is 140 Å². The second-order valence-electron chi connectivity index (χ2n) is 6.49. The van der Waals surface area contributed by atoms with E-state index < -0.39 is 0 Å². The third kappa shape index (κ3) is 4.66. The normalized spacial score (nSPS) is 23.0. The van der Waals surface area contributed by atoms with E-state index in [0.717, 1.165) is 5.92 Å². The first-order valence-corrected chi connectivity index (χ1v) is 8.40. The maximum Gasteiger partial charge on any atom is 0.0336 e. The minimum absolute atomic E-state index is 0. The molecule has 5 heteroatoms. The molecule has 3 heterocycles. The lowest BCUT2D eigenvalue weighted by Gasteiger charge is -2.39. The van der Waals surface area contributed by atoms with Gasteiger partial charge in [-0.2, -0.15) is 0 Å². The van der Waals surface area contributed by atoms with Crippen molar-refractivity contribution in [2.45, 2.75) is 25.8 Å². The van der Waals surface area contributed by atoms with Gasteiger partial charge in [0, 0.05) is 51.2 Å². The van der Waals surface area contributed by atoms with Crippen LogP contribution in [0, 0.1) is 5.92 Å². The Kier molecular flexibility index (Phi) is 7.09. The van der Waals surface area contributed by atoms with Crippen molar-refractivity contribution in [1.82, 2.24) is 20.1 Å². The summed E-state index contributed by atoms with van der Waals surface area (Å²) in [5.41, 5.74) is 1.34. The van der Waals surface area contributed by atoms with E-state index in [1.54, 1.807) is 0 Å². The van der Waals surface area contributed by atoms with E-state index in [4.69, 9.17) is 0 Å². The highest BCUT2D eigenvalue weighted by atomic mass is 35.5. The van der Waals surface area contributed by atoms with Gasteiger partial charge in [-0.1, -0.05) is 6.07 Å². The van der Waals surface area contributed by atoms with Crippen molar-refractivity contribution in [2.24, 2.45) is 5.92 Å². The van der Waals surface area contributed by atoms with E-state index in [9.17, 15) is 0 Å². The van der Waals surface area contributed by atoms with E-state index in [-0.39, 0.29) is 12.4 Å². The quantitative estimate of drug-likeness (QED) is 0.920. The highest BCUT2D eigenvalue weighted by Gasteiger charge is 2.24. The van der Waals surface area contributed by atoms with E-state index in [1.807, 2.05) is 18.5 Å². The summed E-state index contributed by atoms with van der Waals surface area (Å²) in [4.78, 5) is 9.51. The molecule has 22 heavy (non-hydrogen) atoms. The van der Waals surface area contributed by atoms with Crippen LogP contribution in [0.3, 0.4) is 0 Å². The monoisotopic (exact) mass is 324 g/mol. The van der Waals surface area contributed by atoms with Gasteiger partial charge in [0.1, 0.15) is 0 Å². The Balaban J connectivity index is 0.00000176. The highest BCUT2D eigenvalue weighted by Crippen LogP contribution is 2.21. The molecule has 4 nitrogen and oxygen atoms in total. The number of piperidine rings is 1. The molecular formula is C17H29ClN4. The van der Waals surface area contributed by atoms with Crippen molar-refractivity contribution in [3.63, 3.8) is 0 Å². The van der Waals surface area contributed by atoms with Crippen LogP contribution in [-0.4, -0.2) is 60.6 Å². The summed E-state index contributed by atoms with van der Waals surface area (Å²) in [6.45, 7) is 10.8. The zero-order valence-electron chi connectivity index (χ0n) is 13.6. The van der Waals surface area contributed by atoms with Crippen molar-refractivity contribution in [1.29, 1.82) is 0 Å². The summed E-state index contributed by atoms with van der Waals surface area (Å²) in [5.74, 6) is 0.911. The zero-order chi connectivity index (χ0) is 14.5. The fraction of sp³-hybridized carbons (Fsp3) is 0.706. The Morgan fingerprint density at radius 2 is 1.95 bits per heavy atom. The summed E-state index contributed by atoms with van der Waals surface area (Å²) < 4.78 is 0. The van der Waals surface area contributed by atoms with E-state index in [2.05, 4.69) is 33.1 Å². The lowest BCUT2D eigenvalue weighted by atomic mass is 9.97. The maximum absolute atomic E-state index is 4.25. The summed E-state index contributed by atoms with van der Waals surface area (Å²) in [6.07, 6.45) is 6.57. The van der Waals surface area contributed by atoms with E-state index in [1.165, 1.54) is 64.2 Å². The van der Waals surface area contributed by atoms with Crippen molar-refractivity contribution >= 4 is 12.4 Å². The first-order valence-electron chi connectivity index (χ1n) is 8.40. The number of nitrogens with zero attached hydrogens (tertiary/aromatic N) is 3. The predicted molar refractivity (Wildman–Crippen MR) is 93.5 cm³/mol. The van der Waals surface area contributed by atoms with E-state index >= 15 is 0 Å². The van der Waals surface area contributed by atoms with Gasteiger partial charge in [-0.3, -0.25) is 9.88 Å². The molecule has 0 saturated carbocycles. The molecule has 124 valence electrons. The van der Waals surface area contributed by atoms with Gasteiger partial charge in [-0.05, 0) is 50.4 Å². The standard InChI is InChI=1S/C17H28N4.ClH/c1-15(17-3-2-6-19-13-17)21-11-9-20(10-12-21)14-16-4-7-18-8-5-16;/h2-3,6,13,15-16,18H,4-5,7-12,14H2,1H3;1H. The fourth-order valence-corrected chi connectivity index (χ4v) is 3.60. The number of aromatic nitrogens is 1. The van der Waals surface area contributed by atoms with Gasteiger partial charge in [-0.25, -0.2) is 0 Å². The molecule has 1 unspecified atom stereocenters. The molecule has 0 radical (unpaired) electrons. The summed E-state index contributed by atoms with van der Waals surface area (Å²) >= 11 is 0. The summed E-state index contributed by atoms with van der Waals surface area (Å²) in [5, 5.41) is 3.46. The number of piperazine rings is 1. The van der Waals surface area contributed by atoms with Gasteiger partial charge in [0.25, 0.3) is 0 Å². The number of hydrogen-bond acceptors (Lipinski definition) is 4. The van der Waals surface area contributed by atoms with Crippen molar-refractivity contribution in [3.8, 4) is 0 Å². The second-order valence-corrected chi connectivity index (χ2v) is 6.49.